The molecule has 19 heavy (non-hydrogen) atoms. The molecule has 0 unspecified atom stereocenters. The van der Waals surface area contributed by atoms with Crippen molar-refractivity contribution in [3.05, 3.63) is 50.7 Å². The summed E-state index contributed by atoms with van der Waals surface area (Å²) < 4.78 is 1.01. The van der Waals surface area contributed by atoms with Gasteiger partial charge in [-0.1, -0.05) is 12.1 Å². The van der Waals surface area contributed by atoms with Gasteiger partial charge in [0.15, 0.2) is 0 Å². The number of pyridine rings is 1. The fraction of sp³-hybridized carbons (Fsp3) is 0.143. The highest BCUT2D eigenvalue weighted by Crippen LogP contribution is 2.28. The molecule has 96 valence electrons. The quantitative estimate of drug-likeness (QED) is 0.805. The fourth-order valence-electron chi connectivity index (χ4n) is 2.15. The molecule has 0 radical (unpaired) electrons. The Balaban J connectivity index is 2.03. The van der Waals surface area contributed by atoms with Crippen LogP contribution in [0.25, 0.3) is 0 Å². The van der Waals surface area contributed by atoms with Crippen molar-refractivity contribution in [2.45, 2.75) is 13.5 Å². The molecule has 1 aromatic carbocycles. The maximum absolute atomic E-state index is 11.9. The molecule has 0 saturated carbocycles. The van der Waals surface area contributed by atoms with E-state index in [2.05, 4.69) is 38.2 Å². The third-order valence-corrected chi connectivity index (χ3v) is 4.00. The molecule has 0 atom stereocenters. The SMILES string of the molecule is Cc1cccc(Nc2ncc(I)c3c2C(=O)NC3)c1. The summed E-state index contributed by atoms with van der Waals surface area (Å²) >= 11 is 2.21. The van der Waals surface area contributed by atoms with E-state index >= 15 is 0 Å². The number of aromatic nitrogens is 1. The third kappa shape index (κ3) is 2.30. The van der Waals surface area contributed by atoms with E-state index in [1.807, 2.05) is 31.2 Å². The first-order valence-electron chi connectivity index (χ1n) is 5.94. The largest absolute Gasteiger partial charge is 0.348 e. The van der Waals surface area contributed by atoms with Gasteiger partial charge in [-0.15, -0.1) is 0 Å². The van der Waals surface area contributed by atoms with Crippen molar-refractivity contribution in [1.82, 2.24) is 10.3 Å². The molecule has 2 heterocycles. The predicted octanol–water partition coefficient (Wildman–Crippen LogP) is 2.98. The van der Waals surface area contributed by atoms with Crippen LogP contribution < -0.4 is 10.6 Å². The molecule has 0 bridgehead atoms. The van der Waals surface area contributed by atoms with Crippen LogP contribution in [-0.2, 0) is 6.54 Å². The molecule has 1 amide bonds. The van der Waals surface area contributed by atoms with Crippen molar-refractivity contribution in [1.29, 1.82) is 0 Å². The molecule has 1 aliphatic heterocycles. The number of hydrogen-bond acceptors (Lipinski definition) is 3. The zero-order chi connectivity index (χ0) is 13.4. The summed E-state index contributed by atoms with van der Waals surface area (Å²) in [6.07, 6.45) is 1.79. The molecule has 4 nitrogen and oxygen atoms in total. The molecule has 1 aromatic heterocycles. The number of nitrogens with zero attached hydrogens (tertiary/aromatic N) is 1. The van der Waals surface area contributed by atoms with Gasteiger partial charge < -0.3 is 10.6 Å². The van der Waals surface area contributed by atoms with E-state index < -0.39 is 0 Å². The average Bonchev–Trinajstić information content (AvgIpc) is 2.77. The number of carbonyl (C=O) groups is 1. The summed E-state index contributed by atoms with van der Waals surface area (Å²) in [4.78, 5) is 16.2. The number of hydrogen-bond donors (Lipinski definition) is 2. The Hall–Kier alpha value is -1.63. The van der Waals surface area contributed by atoms with Gasteiger partial charge in [-0.25, -0.2) is 4.98 Å². The van der Waals surface area contributed by atoms with Crippen molar-refractivity contribution >= 4 is 40.0 Å². The monoisotopic (exact) mass is 365 g/mol. The first kappa shape index (κ1) is 12.4. The van der Waals surface area contributed by atoms with Gasteiger partial charge >= 0.3 is 0 Å². The van der Waals surface area contributed by atoms with Gasteiger partial charge in [-0.05, 0) is 47.2 Å². The first-order chi connectivity index (χ1) is 9.15. The molecule has 3 rings (SSSR count). The lowest BCUT2D eigenvalue weighted by molar-refractivity contribution is 0.0966. The molecule has 2 aromatic rings. The lowest BCUT2D eigenvalue weighted by Gasteiger charge is -2.10. The van der Waals surface area contributed by atoms with E-state index in [4.69, 9.17) is 0 Å². The minimum Gasteiger partial charge on any atom is -0.348 e. The number of nitrogens with one attached hydrogen (secondary N) is 2. The molecule has 5 heteroatoms. The summed E-state index contributed by atoms with van der Waals surface area (Å²) in [5.41, 5.74) is 3.79. The van der Waals surface area contributed by atoms with Gasteiger partial charge in [0.25, 0.3) is 5.91 Å². The number of rotatable bonds is 2. The molecule has 1 aliphatic rings. The van der Waals surface area contributed by atoms with Crippen molar-refractivity contribution in [3.63, 3.8) is 0 Å². The van der Waals surface area contributed by atoms with Gasteiger partial charge in [0, 0.05) is 27.6 Å². The van der Waals surface area contributed by atoms with Crippen molar-refractivity contribution in [2.24, 2.45) is 0 Å². The summed E-state index contributed by atoms with van der Waals surface area (Å²) in [5, 5.41) is 6.07. The molecule has 0 saturated heterocycles. The Morgan fingerprint density at radius 1 is 1.42 bits per heavy atom. The Morgan fingerprint density at radius 2 is 2.26 bits per heavy atom. The smallest absolute Gasteiger partial charge is 0.255 e. The Morgan fingerprint density at radius 3 is 3.05 bits per heavy atom. The maximum atomic E-state index is 11.9. The van der Waals surface area contributed by atoms with E-state index in [1.165, 1.54) is 0 Å². The standard InChI is InChI=1S/C14H12IN3O/c1-8-3-2-4-9(5-8)18-13-12-10(6-17-14(12)19)11(15)7-16-13/h2-5,7H,6H2,1H3,(H,16,18)(H,17,19). The average molecular weight is 365 g/mol. The minimum absolute atomic E-state index is 0.0591. The van der Waals surface area contributed by atoms with Gasteiger partial charge in [0.1, 0.15) is 5.82 Å². The molecular weight excluding hydrogens is 353 g/mol. The molecular formula is C14H12IN3O. The zero-order valence-electron chi connectivity index (χ0n) is 10.3. The Labute approximate surface area is 124 Å². The van der Waals surface area contributed by atoms with Gasteiger partial charge in [0.05, 0.1) is 5.56 Å². The van der Waals surface area contributed by atoms with E-state index in [0.717, 1.165) is 20.4 Å². The lowest BCUT2D eigenvalue weighted by Crippen LogP contribution is -2.14. The second-order valence-electron chi connectivity index (χ2n) is 4.49. The number of aryl methyl sites for hydroxylation is 1. The third-order valence-electron chi connectivity index (χ3n) is 3.07. The second kappa shape index (κ2) is 4.80. The number of amides is 1. The van der Waals surface area contributed by atoms with Crippen LogP contribution in [0.5, 0.6) is 0 Å². The Kier molecular flexibility index (Phi) is 3.14. The maximum Gasteiger partial charge on any atom is 0.255 e. The topological polar surface area (TPSA) is 54.0 Å². The number of benzene rings is 1. The van der Waals surface area contributed by atoms with Crippen LogP contribution >= 0.6 is 22.6 Å². The van der Waals surface area contributed by atoms with Gasteiger partial charge in [-0.2, -0.15) is 0 Å². The number of carbonyl (C=O) groups excluding carboxylic acids is 1. The molecule has 2 N–H and O–H groups in total. The van der Waals surface area contributed by atoms with Gasteiger partial charge in [-0.3, -0.25) is 4.79 Å². The highest BCUT2D eigenvalue weighted by molar-refractivity contribution is 14.1. The molecule has 0 aliphatic carbocycles. The van der Waals surface area contributed by atoms with Crippen molar-refractivity contribution in [2.75, 3.05) is 5.32 Å². The summed E-state index contributed by atoms with van der Waals surface area (Å²) in [6.45, 7) is 2.61. The molecule has 0 spiro atoms. The second-order valence-corrected chi connectivity index (χ2v) is 5.65. The van der Waals surface area contributed by atoms with E-state index in [1.54, 1.807) is 6.20 Å². The molecule has 0 fully saturated rings. The van der Waals surface area contributed by atoms with E-state index in [0.29, 0.717) is 17.9 Å². The van der Waals surface area contributed by atoms with Crippen LogP contribution in [0.3, 0.4) is 0 Å². The van der Waals surface area contributed by atoms with E-state index in [9.17, 15) is 4.79 Å². The summed E-state index contributed by atoms with van der Waals surface area (Å²) in [7, 11) is 0. The zero-order valence-corrected chi connectivity index (χ0v) is 12.5. The highest BCUT2D eigenvalue weighted by atomic mass is 127. The highest BCUT2D eigenvalue weighted by Gasteiger charge is 2.25. The normalized spacial score (nSPS) is 13.1. The van der Waals surface area contributed by atoms with Crippen LogP contribution in [-0.4, -0.2) is 10.9 Å². The van der Waals surface area contributed by atoms with Gasteiger partial charge in [0.2, 0.25) is 0 Å². The number of fused-ring (bicyclic) bond motifs is 1. The van der Waals surface area contributed by atoms with Crippen molar-refractivity contribution in [3.8, 4) is 0 Å². The Bertz CT molecular complexity index is 670. The number of anilines is 2. The van der Waals surface area contributed by atoms with Crippen LogP contribution in [0, 0.1) is 10.5 Å². The number of halogens is 1. The van der Waals surface area contributed by atoms with Crippen LogP contribution in [0.4, 0.5) is 11.5 Å². The minimum atomic E-state index is -0.0591. The van der Waals surface area contributed by atoms with Crippen LogP contribution in [0.2, 0.25) is 0 Å². The lowest BCUT2D eigenvalue weighted by atomic mass is 10.1. The van der Waals surface area contributed by atoms with Crippen LogP contribution in [0.15, 0.2) is 30.5 Å². The summed E-state index contributed by atoms with van der Waals surface area (Å²) in [5.74, 6) is 0.562. The van der Waals surface area contributed by atoms with Crippen molar-refractivity contribution < 1.29 is 4.79 Å². The fourth-order valence-corrected chi connectivity index (χ4v) is 2.75. The first-order valence-corrected chi connectivity index (χ1v) is 7.02. The van der Waals surface area contributed by atoms with E-state index in [-0.39, 0.29) is 5.91 Å². The predicted molar refractivity (Wildman–Crippen MR) is 82.6 cm³/mol. The van der Waals surface area contributed by atoms with Crippen LogP contribution in [0.1, 0.15) is 21.5 Å². The summed E-state index contributed by atoms with van der Waals surface area (Å²) in [6, 6.07) is 8.00.